The van der Waals surface area contributed by atoms with Gasteiger partial charge >= 0.3 is 5.97 Å². The molecule has 0 saturated heterocycles. The van der Waals surface area contributed by atoms with Gasteiger partial charge in [-0.3, -0.25) is 4.79 Å². The largest absolute Gasteiger partial charge is 0.481 e. The van der Waals surface area contributed by atoms with Gasteiger partial charge in [0, 0.05) is 12.5 Å². The van der Waals surface area contributed by atoms with Crippen LogP contribution in [0.2, 0.25) is 0 Å². The first-order valence-electron chi connectivity index (χ1n) is 10.5. The minimum atomic E-state index is -0.713. The normalized spacial score (nSPS) is 21.1. The number of esters is 1. The molecule has 5 nitrogen and oxygen atoms in total. The fraction of sp³-hybridized carbons (Fsp3) is 0.440. The Bertz CT molecular complexity index is 944. The van der Waals surface area contributed by atoms with Gasteiger partial charge in [-0.15, -0.1) is 0 Å². The Labute approximate surface area is 177 Å². The van der Waals surface area contributed by atoms with Crippen molar-refractivity contribution in [1.82, 2.24) is 0 Å². The van der Waals surface area contributed by atoms with E-state index in [2.05, 4.69) is 26.0 Å². The molecule has 0 spiro atoms. The third kappa shape index (κ3) is 5.62. The van der Waals surface area contributed by atoms with Crippen LogP contribution in [0.1, 0.15) is 61.4 Å². The third-order valence-corrected chi connectivity index (χ3v) is 5.81. The number of hydrogen-bond acceptors (Lipinski definition) is 5. The maximum Gasteiger partial charge on any atom is 0.378 e. The van der Waals surface area contributed by atoms with Crippen molar-refractivity contribution in [2.24, 2.45) is 11.3 Å². The standard InChI is InChI=1S/C25H30O5/c1-18-8-7-13-25(2,14-11-18)15-12-20-16-21(26)22(23(30-20)24(27)28-3)29-17-19-9-5-4-6-10-19/h4-10,16,18H,11-15,17H2,1-3H3/t18-,25+/m0/s1. The molecule has 0 unspecified atom stereocenters. The summed E-state index contributed by atoms with van der Waals surface area (Å²) >= 11 is 0. The molecule has 1 aliphatic rings. The lowest BCUT2D eigenvalue weighted by molar-refractivity contribution is 0.0549. The summed E-state index contributed by atoms with van der Waals surface area (Å²) in [6.07, 6.45) is 9.26. The van der Waals surface area contributed by atoms with Gasteiger partial charge < -0.3 is 13.9 Å². The van der Waals surface area contributed by atoms with Gasteiger partial charge in [0.15, 0.2) is 0 Å². The van der Waals surface area contributed by atoms with Crippen LogP contribution in [0.3, 0.4) is 0 Å². The lowest BCUT2D eigenvalue weighted by Gasteiger charge is -2.27. The number of benzene rings is 1. The van der Waals surface area contributed by atoms with Crippen molar-refractivity contribution in [3.8, 4) is 5.75 Å². The number of carbonyl (C=O) groups is 1. The summed E-state index contributed by atoms with van der Waals surface area (Å²) in [5.74, 6) is 0.0866. The number of aryl methyl sites for hydroxylation is 1. The minimum absolute atomic E-state index is 0.105. The van der Waals surface area contributed by atoms with Crippen LogP contribution in [-0.2, 0) is 17.8 Å². The zero-order chi connectivity index (χ0) is 21.6. The first-order chi connectivity index (χ1) is 14.4. The molecule has 0 saturated carbocycles. The summed E-state index contributed by atoms with van der Waals surface area (Å²) < 4.78 is 16.3. The summed E-state index contributed by atoms with van der Waals surface area (Å²) in [5, 5.41) is 0. The Hall–Kier alpha value is -2.82. The molecule has 3 rings (SSSR count). The van der Waals surface area contributed by atoms with E-state index >= 15 is 0 Å². The average molecular weight is 411 g/mol. The summed E-state index contributed by atoms with van der Waals surface area (Å²) in [5.41, 5.74) is 0.667. The highest BCUT2D eigenvalue weighted by Crippen LogP contribution is 2.37. The van der Waals surface area contributed by atoms with Crippen molar-refractivity contribution in [3.05, 3.63) is 75.9 Å². The number of carbonyl (C=O) groups excluding carboxylic acids is 1. The number of rotatable bonds is 7. The van der Waals surface area contributed by atoms with Crippen molar-refractivity contribution in [1.29, 1.82) is 0 Å². The molecule has 1 aromatic heterocycles. The van der Waals surface area contributed by atoms with Crippen LogP contribution in [-0.4, -0.2) is 13.1 Å². The zero-order valence-corrected chi connectivity index (χ0v) is 18.0. The maximum atomic E-state index is 12.7. The molecule has 0 aliphatic heterocycles. The Balaban J connectivity index is 1.77. The molecular weight excluding hydrogens is 380 g/mol. The molecule has 160 valence electrons. The number of allylic oxidation sites excluding steroid dienone is 2. The second-order valence-corrected chi connectivity index (χ2v) is 8.46. The Kier molecular flexibility index (Phi) is 7.14. The van der Waals surface area contributed by atoms with E-state index < -0.39 is 5.97 Å². The van der Waals surface area contributed by atoms with E-state index in [9.17, 15) is 9.59 Å². The quantitative estimate of drug-likeness (QED) is 0.456. The second kappa shape index (κ2) is 9.79. The third-order valence-electron chi connectivity index (χ3n) is 5.81. The van der Waals surface area contributed by atoms with Crippen LogP contribution in [0.15, 0.2) is 57.8 Å². The zero-order valence-electron chi connectivity index (χ0n) is 18.0. The van der Waals surface area contributed by atoms with Crippen molar-refractivity contribution in [2.75, 3.05) is 7.11 Å². The van der Waals surface area contributed by atoms with Crippen LogP contribution in [0.25, 0.3) is 0 Å². The topological polar surface area (TPSA) is 65.7 Å². The molecule has 0 radical (unpaired) electrons. The monoisotopic (exact) mass is 410 g/mol. The lowest BCUT2D eigenvalue weighted by atomic mass is 9.78. The summed E-state index contributed by atoms with van der Waals surface area (Å²) in [6.45, 7) is 4.67. The van der Waals surface area contributed by atoms with Gasteiger partial charge in [-0.25, -0.2) is 4.79 Å². The van der Waals surface area contributed by atoms with E-state index in [-0.39, 0.29) is 29.0 Å². The fourth-order valence-corrected chi connectivity index (χ4v) is 3.76. The number of ether oxygens (including phenoxy) is 2. The molecule has 0 fully saturated rings. The van der Waals surface area contributed by atoms with Gasteiger partial charge in [0.25, 0.3) is 5.76 Å². The molecule has 1 aliphatic carbocycles. The predicted molar refractivity (Wildman–Crippen MR) is 116 cm³/mol. The molecule has 5 heteroatoms. The molecule has 1 heterocycles. The first kappa shape index (κ1) is 21.9. The molecule has 0 N–H and O–H groups in total. The summed E-state index contributed by atoms with van der Waals surface area (Å²) in [7, 11) is 1.26. The Morgan fingerprint density at radius 2 is 2.03 bits per heavy atom. The molecule has 0 amide bonds. The molecule has 2 atom stereocenters. The number of hydrogen-bond donors (Lipinski definition) is 0. The van der Waals surface area contributed by atoms with Gasteiger partial charge in [-0.2, -0.15) is 0 Å². The second-order valence-electron chi connectivity index (χ2n) is 8.46. The lowest BCUT2D eigenvalue weighted by Crippen LogP contribution is -2.18. The van der Waals surface area contributed by atoms with Gasteiger partial charge in [0.2, 0.25) is 11.2 Å². The van der Waals surface area contributed by atoms with E-state index in [0.717, 1.165) is 31.2 Å². The molecular formula is C25H30O5. The molecule has 0 bridgehead atoms. The van der Waals surface area contributed by atoms with Crippen molar-refractivity contribution < 1.29 is 18.7 Å². The van der Waals surface area contributed by atoms with Crippen LogP contribution in [0.4, 0.5) is 0 Å². The first-order valence-corrected chi connectivity index (χ1v) is 10.5. The molecule has 1 aromatic carbocycles. The van der Waals surface area contributed by atoms with E-state index in [4.69, 9.17) is 13.9 Å². The van der Waals surface area contributed by atoms with Gasteiger partial charge in [0.05, 0.1) is 7.11 Å². The SMILES string of the molecule is COC(=O)c1oc(CC[C@]2(C)CC=C[C@H](C)CC2)cc(=O)c1OCc1ccccc1. The van der Waals surface area contributed by atoms with Gasteiger partial charge in [-0.1, -0.05) is 56.3 Å². The maximum absolute atomic E-state index is 12.7. The van der Waals surface area contributed by atoms with Gasteiger partial charge in [0.1, 0.15) is 12.4 Å². The predicted octanol–water partition coefficient (Wildman–Crippen LogP) is 5.32. The van der Waals surface area contributed by atoms with Crippen molar-refractivity contribution >= 4 is 5.97 Å². The Morgan fingerprint density at radius 3 is 2.77 bits per heavy atom. The average Bonchev–Trinajstić information content (AvgIpc) is 2.92. The van der Waals surface area contributed by atoms with Crippen LogP contribution < -0.4 is 10.2 Å². The van der Waals surface area contributed by atoms with Crippen LogP contribution in [0, 0.1) is 11.3 Å². The van der Waals surface area contributed by atoms with E-state index in [1.807, 2.05) is 30.3 Å². The van der Waals surface area contributed by atoms with Crippen LogP contribution in [0.5, 0.6) is 5.75 Å². The van der Waals surface area contributed by atoms with Crippen molar-refractivity contribution in [3.63, 3.8) is 0 Å². The van der Waals surface area contributed by atoms with Crippen molar-refractivity contribution in [2.45, 2.75) is 52.6 Å². The summed E-state index contributed by atoms with van der Waals surface area (Å²) in [6, 6.07) is 10.9. The summed E-state index contributed by atoms with van der Waals surface area (Å²) in [4.78, 5) is 25.0. The smallest absolute Gasteiger partial charge is 0.378 e. The van der Waals surface area contributed by atoms with Gasteiger partial charge in [-0.05, 0) is 42.6 Å². The minimum Gasteiger partial charge on any atom is -0.481 e. The van der Waals surface area contributed by atoms with E-state index in [0.29, 0.717) is 18.1 Å². The number of methoxy groups -OCH3 is 1. The molecule has 2 aromatic rings. The van der Waals surface area contributed by atoms with E-state index in [1.54, 1.807) is 0 Å². The highest BCUT2D eigenvalue weighted by Gasteiger charge is 2.27. The molecule has 30 heavy (non-hydrogen) atoms. The highest BCUT2D eigenvalue weighted by atomic mass is 16.5. The van der Waals surface area contributed by atoms with E-state index in [1.165, 1.54) is 13.2 Å². The Morgan fingerprint density at radius 1 is 1.27 bits per heavy atom. The highest BCUT2D eigenvalue weighted by molar-refractivity contribution is 5.89. The van der Waals surface area contributed by atoms with Crippen LogP contribution >= 0.6 is 0 Å². The fourth-order valence-electron chi connectivity index (χ4n) is 3.76.